The molecule has 2 rings (SSSR count). The first-order valence-corrected chi connectivity index (χ1v) is 6.94. The zero-order valence-corrected chi connectivity index (χ0v) is 11.4. The van der Waals surface area contributed by atoms with Crippen molar-refractivity contribution >= 4 is 11.4 Å². The Balaban J connectivity index is 2.04. The second-order valence-electron chi connectivity index (χ2n) is 5.16. The van der Waals surface area contributed by atoms with Crippen LogP contribution >= 0.6 is 0 Å². The van der Waals surface area contributed by atoms with Crippen molar-refractivity contribution in [2.75, 3.05) is 17.7 Å². The number of anilines is 2. The highest BCUT2D eigenvalue weighted by molar-refractivity contribution is 5.66. The van der Waals surface area contributed by atoms with E-state index in [4.69, 9.17) is 10.5 Å². The van der Waals surface area contributed by atoms with Crippen molar-refractivity contribution < 1.29 is 4.74 Å². The van der Waals surface area contributed by atoms with Gasteiger partial charge in [-0.1, -0.05) is 26.0 Å². The zero-order valence-electron chi connectivity index (χ0n) is 11.4. The molecule has 1 heterocycles. The lowest BCUT2D eigenvalue weighted by Gasteiger charge is -2.40. The number of rotatable bonds is 4. The lowest BCUT2D eigenvalue weighted by Crippen LogP contribution is -2.43. The fourth-order valence-electron chi connectivity index (χ4n) is 2.74. The van der Waals surface area contributed by atoms with Crippen molar-refractivity contribution in [2.45, 2.75) is 51.2 Å². The average molecular weight is 248 g/mol. The number of nitrogens with one attached hydrogen (secondary N) is 1. The minimum Gasteiger partial charge on any atom is -0.397 e. The minimum atomic E-state index is 0.0550. The Morgan fingerprint density at radius 1 is 1.33 bits per heavy atom. The van der Waals surface area contributed by atoms with Crippen LogP contribution in [0.1, 0.15) is 39.5 Å². The van der Waals surface area contributed by atoms with Crippen LogP contribution in [0.15, 0.2) is 24.3 Å². The summed E-state index contributed by atoms with van der Waals surface area (Å²) in [5, 5.41) is 3.57. The summed E-state index contributed by atoms with van der Waals surface area (Å²) >= 11 is 0. The van der Waals surface area contributed by atoms with Gasteiger partial charge in [0.25, 0.3) is 0 Å². The molecule has 3 N–H and O–H groups in total. The second kappa shape index (κ2) is 5.61. The monoisotopic (exact) mass is 248 g/mol. The highest BCUT2D eigenvalue weighted by Gasteiger charge is 2.34. The molecule has 1 atom stereocenters. The van der Waals surface area contributed by atoms with Crippen LogP contribution in [0.3, 0.4) is 0 Å². The third-order valence-corrected chi connectivity index (χ3v) is 4.10. The fourth-order valence-corrected chi connectivity index (χ4v) is 2.74. The molecular weight excluding hydrogens is 224 g/mol. The number of nitrogens with two attached hydrogens (primary N) is 1. The van der Waals surface area contributed by atoms with Gasteiger partial charge in [0.05, 0.1) is 17.0 Å². The van der Waals surface area contributed by atoms with Crippen molar-refractivity contribution in [1.29, 1.82) is 0 Å². The molecule has 0 aromatic heterocycles. The predicted octanol–water partition coefficient (Wildman–Crippen LogP) is 3.42. The molecule has 1 aliphatic rings. The van der Waals surface area contributed by atoms with Crippen molar-refractivity contribution in [3.63, 3.8) is 0 Å². The summed E-state index contributed by atoms with van der Waals surface area (Å²) in [6, 6.07) is 8.43. The van der Waals surface area contributed by atoms with Crippen molar-refractivity contribution in [3.8, 4) is 0 Å². The Bertz CT molecular complexity index is 388. The highest BCUT2D eigenvalue weighted by atomic mass is 16.5. The first-order chi connectivity index (χ1) is 8.69. The summed E-state index contributed by atoms with van der Waals surface area (Å²) in [4.78, 5) is 0. The number of ether oxygens (including phenoxy) is 1. The number of benzene rings is 1. The molecule has 1 saturated heterocycles. The van der Waals surface area contributed by atoms with Gasteiger partial charge in [0.2, 0.25) is 0 Å². The Hall–Kier alpha value is -1.22. The van der Waals surface area contributed by atoms with Gasteiger partial charge < -0.3 is 15.8 Å². The molecule has 0 saturated carbocycles. The molecule has 1 aromatic rings. The predicted molar refractivity (Wildman–Crippen MR) is 76.8 cm³/mol. The van der Waals surface area contributed by atoms with Crippen LogP contribution in [0.2, 0.25) is 0 Å². The smallest absolute Gasteiger partial charge is 0.0696 e. The second-order valence-corrected chi connectivity index (χ2v) is 5.16. The summed E-state index contributed by atoms with van der Waals surface area (Å²) < 4.78 is 5.99. The number of hydrogen-bond donors (Lipinski definition) is 2. The third kappa shape index (κ3) is 2.78. The molecular formula is C15H24N2O. The average Bonchev–Trinajstić information content (AvgIpc) is 2.41. The van der Waals surface area contributed by atoms with Crippen LogP contribution in [0, 0.1) is 0 Å². The first-order valence-electron chi connectivity index (χ1n) is 6.94. The highest BCUT2D eigenvalue weighted by Crippen LogP contribution is 2.33. The standard InChI is InChI=1S/C15H24N2O/c1-3-15(4-2)11-12(9-10-18-15)17-14-8-6-5-7-13(14)16/h5-8,12,17H,3-4,9-11,16H2,1-2H3. The molecule has 0 radical (unpaired) electrons. The van der Waals surface area contributed by atoms with Crippen molar-refractivity contribution in [2.24, 2.45) is 0 Å². The van der Waals surface area contributed by atoms with Gasteiger partial charge in [-0.2, -0.15) is 0 Å². The Morgan fingerprint density at radius 2 is 2.06 bits per heavy atom. The van der Waals surface area contributed by atoms with Gasteiger partial charge in [0, 0.05) is 12.6 Å². The lowest BCUT2D eigenvalue weighted by atomic mass is 9.86. The zero-order chi connectivity index (χ0) is 13.0. The summed E-state index contributed by atoms with van der Waals surface area (Å²) in [5.41, 5.74) is 7.90. The molecule has 1 unspecified atom stereocenters. The molecule has 0 spiro atoms. The van der Waals surface area contributed by atoms with Crippen LogP contribution in [0.5, 0.6) is 0 Å². The molecule has 1 fully saturated rings. The van der Waals surface area contributed by atoms with E-state index in [1.807, 2.05) is 24.3 Å². The maximum atomic E-state index is 5.99. The summed E-state index contributed by atoms with van der Waals surface area (Å²) in [7, 11) is 0. The van der Waals surface area contributed by atoms with Crippen molar-refractivity contribution in [3.05, 3.63) is 24.3 Å². The maximum absolute atomic E-state index is 5.99. The molecule has 1 aromatic carbocycles. The molecule has 0 amide bonds. The van der Waals surface area contributed by atoms with E-state index < -0.39 is 0 Å². The van der Waals surface area contributed by atoms with Gasteiger partial charge in [0.1, 0.15) is 0 Å². The number of nitrogen functional groups attached to an aromatic ring is 1. The summed E-state index contributed by atoms with van der Waals surface area (Å²) in [5.74, 6) is 0. The van der Waals surface area contributed by atoms with Crippen molar-refractivity contribution in [1.82, 2.24) is 0 Å². The van der Waals surface area contributed by atoms with Crippen LogP contribution in [-0.4, -0.2) is 18.2 Å². The maximum Gasteiger partial charge on any atom is 0.0696 e. The minimum absolute atomic E-state index is 0.0550. The summed E-state index contributed by atoms with van der Waals surface area (Å²) in [6.07, 6.45) is 4.27. The van der Waals surface area contributed by atoms with E-state index in [0.29, 0.717) is 6.04 Å². The van der Waals surface area contributed by atoms with E-state index in [9.17, 15) is 0 Å². The van der Waals surface area contributed by atoms with Gasteiger partial charge in [-0.3, -0.25) is 0 Å². The molecule has 18 heavy (non-hydrogen) atoms. The normalized spacial score (nSPS) is 22.7. The van der Waals surface area contributed by atoms with Gasteiger partial charge >= 0.3 is 0 Å². The topological polar surface area (TPSA) is 47.3 Å². The van der Waals surface area contributed by atoms with E-state index >= 15 is 0 Å². The Kier molecular flexibility index (Phi) is 4.12. The Morgan fingerprint density at radius 3 is 2.72 bits per heavy atom. The number of para-hydroxylation sites is 2. The van der Waals surface area contributed by atoms with Gasteiger partial charge in [-0.25, -0.2) is 0 Å². The molecule has 0 bridgehead atoms. The first kappa shape index (κ1) is 13.2. The quantitative estimate of drug-likeness (QED) is 0.803. The third-order valence-electron chi connectivity index (χ3n) is 4.10. The van der Waals surface area contributed by atoms with E-state index in [0.717, 1.165) is 43.7 Å². The van der Waals surface area contributed by atoms with E-state index in [1.165, 1.54) is 0 Å². The molecule has 3 heteroatoms. The van der Waals surface area contributed by atoms with Gasteiger partial charge in [0.15, 0.2) is 0 Å². The van der Waals surface area contributed by atoms with Crippen LogP contribution in [-0.2, 0) is 4.74 Å². The molecule has 0 aliphatic carbocycles. The summed E-state index contributed by atoms with van der Waals surface area (Å²) in [6.45, 7) is 5.26. The van der Waals surface area contributed by atoms with Crippen LogP contribution in [0.25, 0.3) is 0 Å². The van der Waals surface area contributed by atoms with Gasteiger partial charge in [-0.15, -0.1) is 0 Å². The number of hydrogen-bond acceptors (Lipinski definition) is 3. The van der Waals surface area contributed by atoms with Gasteiger partial charge in [-0.05, 0) is 37.8 Å². The SMILES string of the molecule is CCC1(CC)CC(Nc2ccccc2N)CCO1. The molecule has 3 nitrogen and oxygen atoms in total. The van der Waals surface area contributed by atoms with E-state index in [1.54, 1.807) is 0 Å². The van der Waals surface area contributed by atoms with E-state index in [-0.39, 0.29) is 5.60 Å². The van der Waals surface area contributed by atoms with Crippen LogP contribution < -0.4 is 11.1 Å². The molecule has 1 aliphatic heterocycles. The fraction of sp³-hybridized carbons (Fsp3) is 0.600. The lowest BCUT2D eigenvalue weighted by molar-refractivity contribution is -0.0864. The largest absolute Gasteiger partial charge is 0.397 e. The molecule has 100 valence electrons. The van der Waals surface area contributed by atoms with E-state index in [2.05, 4.69) is 19.2 Å². The van der Waals surface area contributed by atoms with Crippen LogP contribution in [0.4, 0.5) is 11.4 Å². The Labute approximate surface area is 110 Å².